The number of carbonyl (C=O) groups excluding carboxylic acids is 2. The zero-order chi connectivity index (χ0) is 15.4. The van der Waals surface area contributed by atoms with Crippen LogP contribution in [0.25, 0.3) is 0 Å². The number of hydrogen-bond donors (Lipinski definition) is 1. The highest BCUT2D eigenvalue weighted by Gasteiger charge is 2.13. The van der Waals surface area contributed by atoms with E-state index in [0.717, 1.165) is 5.56 Å². The van der Waals surface area contributed by atoms with E-state index in [-0.39, 0.29) is 17.5 Å². The number of aryl methyl sites for hydroxylation is 1. The van der Waals surface area contributed by atoms with Gasteiger partial charge in [0.2, 0.25) is 0 Å². The van der Waals surface area contributed by atoms with Crippen LogP contribution in [0.4, 0.5) is 4.39 Å². The lowest BCUT2D eigenvalue weighted by molar-refractivity contribution is 0.0945. The molecule has 1 aromatic heterocycles. The van der Waals surface area contributed by atoms with Gasteiger partial charge >= 0.3 is 0 Å². The second-order valence-corrected chi connectivity index (χ2v) is 4.92. The van der Waals surface area contributed by atoms with Gasteiger partial charge in [0, 0.05) is 25.4 Å². The van der Waals surface area contributed by atoms with Gasteiger partial charge in [0.1, 0.15) is 11.5 Å². The van der Waals surface area contributed by atoms with E-state index < -0.39 is 0 Å². The monoisotopic (exact) mass is 288 g/mol. The van der Waals surface area contributed by atoms with Crippen molar-refractivity contribution in [3.8, 4) is 0 Å². The molecule has 0 bridgehead atoms. The molecule has 2 aromatic rings. The Hall–Kier alpha value is -2.43. The molecule has 0 unspecified atom stereocenters. The summed E-state index contributed by atoms with van der Waals surface area (Å²) in [6.45, 7) is 1.86. The molecule has 0 fully saturated rings. The number of benzene rings is 1. The van der Waals surface area contributed by atoms with E-state index in [1.807, 2.05) is 6.07 Å². The molecule has 1 aromatic carbocycles. The van der Waals surface area contributed by atoms with Crippen LogP contribution in [0.2, 0.25) is 0 Å². The number of ketones is 1. The summed E-state index contributed by atoms with van der Waals surface area (Å²) in [5.74, 6) is -0.613. The lowest BCUT2D eigenvalue weighted by Crippen LogP contribution is -2.27. The SMILES string of the molecule is CC(=O)c1cc(C(=O)NCCc2cccc(F)c2)n(C)c1. The normalized spacial score (nSPS) is 10.4. The predicted molar refractivity (Wildman–Crippen MR) is 77.9 cm³/mol. The predicted octanol–water partition coefficient (Wildman–Crippen LogP) is 2.34. The smallest absolute Gasteiger partial charge is 0.267 e. The molecule has 0 aliphatic heterocycles. The van der Waals surface area contributed by atoms with Crippen molar-refractivity contribution in [2.24, 2.45) is 7.05 Å². The molecule has 5 heteroatoms. The number of amides is 1. The number of carbonyl (C=O) groups is 2. The molecule has 1 amide bonds. The van der Waals surface area contributed by atoms with Gasteiger partial charge in [-0.1, -0.05) is 12.1 Å². The molecule has 110 valence electrons. The number of aromatic nitrogens is 1. The maximum atomic E-state index is 13.0. The third kappa shape index (κ3) is 3.78. The van der Waals surface area contributed by atoms with Gasteiger partial charge in [-0.15, -0.1) is 0 Å². The van der Waals surface area contributed by atoms with Crippen LogP contribution in [0.1, 0.15) is 33.3 Å². The molecule has 0 atom stereocenters. The van der Waals surface area contributed by atoms with E-state index in [9.17, 15) is 14.0 Å². The number of nitrogens with zero attached hydrogens (tertiary/aromatic N) is 1. The summed E-state index contributed by atoms with van der Waals surface area (Å²) < 4.78 is 14.6. The van der Waals surface area contributed by atoms with E-state index >= 15 is 0 Å². The van der Waals surface area contributed by atoms with Gasteiger partial charge in [0.05, 0.1) is 0 Å². The fourth-order valence-corrected chi connectivity index (χ4v) is 2.09. The van der Waals surface area contributed by atoms with Gasteiger partial charge in [-0.25, -0.2) is 4.39 Å². The second-order valence-electron chi connectivity index (χ2n) is 4.92. The minimum atomic E-state index is -0.285. The maximum Gasteiger partial charge on any atom is 0.267 e. The highest BCUT2D eigenvalue weighted by Crippen LogP contribution is 2.08. The Labute approximate surface area is 122 Å². The number of hydrogen-bond acceptors (Lipinski definition) is 2. The first-order chi connectivity index (χ1) is 9.97. The van der Waals surface area contributed by atoms with E-state index in [0.29, 0.717) is 24.2 Å². The van der Waals surface area contributed by atoms with Crippen LogP contribution in [0.5, 0.6) is 0 Å². The highest BCUT2D eigenvalue weighted by molar-refractivity contribution is 5.99. The summed E-state index contributed by atoms with van der Waals surface area (Å²) in [5, 5.41) is 2.77. The second kappa shape index (κ2) is 6.35. The lowest BCUT2D eigenvalue weighted by atomic mass is 10.1. The summed E-state index contributed by atoms with van der Waals surface area (Å²) in [6.07, 6.45) is 2.18. The average molecular weight is 288 g/mol. The van der Waals surface area contributed by atoms with E-state index in [1.165, 1.54) is 19.1 Å². The fraction of sp³-hybridized carbons (Fsp3) is 0.250. The van der Waals surface area contributed by atoms with Gasteiger partial charge < -0.3 is 9.88 Å². The molecular formula is C16H17FN2O2. The third-order valence-corrected chi connectivity index (χ3v) is 3.23. The Kier molecular flexibility index (Phi) is 4.52. The van der Waals surface area contributed by atoms with Crippen LogP contribution in [-0.4, -0.2) is 22.8 Å². The molecule has 21 heavy (non-hydrogen) atoms. The van der Waals surface area contributed by atoms with Crippen LogP contribution in [0.3, 0.4) is 0 Å². The minimum absolute atomic E-state index is 0.0792. The molecule has 0 radical (unpaired) electrons. The standard InChI is InChI=1S/C16H17FN2O2/c1-11(20)13-9-15(19(2)10-13)16(21)18-7-6-12-4-3-5-14(17)8-12/h3-5,8-10H,6-7H2,1-2H3,(H,18,21). The van der Waals surface area contributed by atoms with Crippen molar-refractivity contribution in [3.63, 3.8) is 0 Å². The number of nitrogens with one attached hydrogen (secondary N) is 1. The molecule has 0 saturated heterocycles. The Bertz CT molecular complexity index is 677. The van der Waals surface area contributed by atoms with Crippen molar-refractivity contribution in [2.75, 3.05) is 6.54 Å². The molecule has 0 saturated carbocycles. The Morgan fingerprint density at radius 3 is 2.67 bits per heavy atom. The van der Waals surface area contributed by atoms with E-state index in [1.54, 1.807) is 29.9 Å². The molecule has 0 aliphatic rings. The summed E-state index contributed by atoms with van der Waals surface area (Å²) >= 11 is 0. The van der Waals surface area contributed by atoms with Crippen LogP contribution in [0.15, 0.2) is 36.5 Å². The quantitative estimate of drug-likeness (QED) is 0.859. The maximum absolute atomic E-state index is 13.0. The first-order valence-corrected chi connectivity index (χ1v) is 6.67. The van der Waals surface area contributed by atoms with E-state index in [4.69, 9.17) is 0 Å². The summed E-state index contributed by atoms with van der Waals surface area (Å²) in [4.78, 5) is 23.3. The van der Waals surface area contributed by atoms with Crippen molar-refractivity contribution in [1.29, 1.82) is 0 Å². The molecule has 0 spiro atoms. The Morgan fingerprint density at radius 1 is 1.29 bits per heavy atom. The molecular weight excluding hydrogens is 271 g/mol. The van der Waals surface area contributed by atoms with E-state index in [2.05, 4.69) is 5.32 Å². The highest BCUT2D eigenvalue weighted by atomic mass is 19.1. The van der Waals surface area contributed by atoms with Crippen molar-refractivity contribution >= 4 is 11.7 Å². The topological polar surface area (TPSA) is 51.1 Å². The minimum Gasteiger partial charge on any atom is -0.350 e. The van der Waals surface area contributed by atoms with Crippen molar-refractivity contribution < 1.29 is 14.0 Å². The van der Waals surface area contributed by atoms with Crippen LogP contribution in [0, 0.1) is 5.82 Å². The molecule has 4 nitrogen and oxygen atoms in total. The van der Waals surface area contributed by atoms with Gasteiger partial charge in [-0.05, 0) is 37.1 Å². The number of halogens is 1. The Balaban J connectivity index is 1.94. The molecule has 1 heterocycles. The molecule has 2 rings (SSSR count). The lowest BCUT2D eigenvalue weighted by Gasteiger charge is -2.06. The van der Waals surface area contributed by atoms with Gasteiger partial charge in [0.15, 0.2) is 5.78 Å². The third-order valence-electron chi connectivity index (χ3n) is 3.23. The molecule has 1 N–H and O–H groups in total. The zero-order valence-electron chi connectivity index (χ0n) is 12.0. The summed E-state index contributed by atoms with van der Waals surface area (Å²) in [6, 6.07) is 7.85. The fourth-order valence-electron chi connectivity index (χ4n) is 2.09. The summed E-state index contributed by atoms with van der Waals surface area (Å²) in [7, 11) is 1.72. The first kappa shape index (κ1) is 15.0. The summed E-state index contributed by atoms with van der Waals surface area (Å²) in [5.41, 5.74) is 1.76. The van der Waals surface area contributed by atoms with Crippen LogP contribution >= 0.6 is 0 Å². The molecule has 0 aliphatic carbocycles. The van der Waals surface area contributed by atoms with Crippen LogP contribution < -0.4 is 5.32 Å². The number of Topliss-reactive ketones (excluding diaryl/α,β-unsaturated/α-hetero) is 1. The Morgan fingerprint density at radius 2 is 2.05 bits per heavy atom. The van der Waals surface area contributed by atoms with Crippen molar-refractivity contribution in [1.82, 2.24) is 9.88 Å². The average Bonchev–Trinajstić information content (AvgIpc) is 2.81. The van der Waals surface area contributed by atoms with Crippen LogP contribution in [-0.2, 0) is 13.5 Å². The van der Waals surface area contributed by atoms with Crippen molar-refractivity contribution in [2.45, 2.75) is 13.3 Å². The zero-order valence-corrected chi connectivity index (χ0v) is 12.0. The first-order valence-electron chi connectivity index (χ1n) is 6.67. The van der Waals surface area contributed by atoms with Crippen molar-refractivity contribution in [3.05, 3.63) is 59.2 Å². The van der Waals surface area contributed by atoms with Gasteiger partial charge in [-0.2, -0.15) is 0 Å². The largest absolute Gasteiger partial charge is 0.350 e. The number of rotatable bonds is 5. The van der Waals surface area contributed by atoms with Gasteiger partial charge in [-0.3, -0.25) is 9.59 Å². The van der Waals surface area contributed by atoms with Gasteiger partial charge in [0.25, 0.3) is 5.91 Å².